The summed E-state index contributed by atoms with van der Waals surface area (Å²) in [7, 11) is -4.71. The van der Waals surface area contributed by atoms with E-state index in [0.29, 0.717) is 0 Å². The molecule has 0 saturated heterocycles. The third-order valence-corrected chi connectivity index (χ3v) is 7.32. The van der Waals surface area contributed by atoms with Gasteiger partial charge in [-0.25, -0.2) is 0 Å². The molecular weight excluding hydrogens is 286 g/mol. The lowest BCUT2D eigenvalue weighted by atomic mass is 10.3. The predicted octanol–water partition coefficient (Wildman–Crippen LogP) is 4.57. The van der Waals surface area contributed by atoms with Crippen molar-refractivity contribution < 1.29 is 23.4 Å². The van der Waals surface area contributed by atoms with Crippen LogP contribution in [0.2, 0.25) is 0 Å². The number of rotatable bonds is 1. The Balaban J connectivity index is -0.000000108. The van der Waals surface area contributed by atoms with Gasteiger partial charge in [0.15, 0.2) is 0 Å². The molecular formula is C12H34O5P2. The minimum absolute atomic E-state index is 0. The quantitative estimate of drug-likeness (QED) is 0.691. The maximum absolute atomic E-state index is 11.4. The van der Waals surface area contributed by atoms with Crippen LogP contribution >= 0.6 is 15.0 Å². The van der Waals surface area contributed by atoms with Gasteiger partial charge in [0.2, 0.25) is 7.37 Å². The van der Waals surface area contributed by atoms with Crippen LogP contribution in [0.25, 0.3) is 0 Å². The largest absolute Gasteiger partial charge is 0.332 e. The summed E-state index contributed by atoms with van der Waals surface area (Å²) in [6.07, 6.45) is 0. The second-order valence-electron chi connectivity index (χ2n) is 5.91. The van der Waals surface area contributed by atoms with Gasteiger partial charge in [0.1, 0.15) is 0 Å². The van der Waals surface area contributed by atoms with Gasteiger partial charge in [-0.3, -0.25) is 9.13 Å². The lowest BCUT2D eigenvalue weighted by Crippen LogP contribution is -2.14. The zero-order valence-corrected chi connectivity index (χ0v) is 13.8. The molecule has 5 nitrogen and oxygen atoms in total. The van der Waals surface area contributed by atoms with Crippen LogP contribution in [0.5, 0.6) is 0 Å². The van der Waals surface area contributed by atoms with Crippen LogP contribution in [-0.4, -0.2) is 33.9 Å². The standard InChI is InChI=1S/C6H15O2P.C4H11O3P.2CH4/c1-6(2,3)9(5,7)8-4;1-4(2,3)8(5,6)7;;/h1-5H3;1-3H3,(H2,5,6,7);2*1H4. The lowest BCUT2D eigenvalue weighted by Gasteiger charge is -2.25. The highest BCUT2D eigenvalue weighted by Gasteiger charge is 2.32. The van der Waals surface area contributed by atoms with Crippen LogP contribution in [0.1, 0.15) is 56.4 Å². The summed E-state index contributed by atoms with van der Waals surface area (Å²) in [5, 5.41) is -1.12. The summed E-state index contributed by atoms with van der Waals surface area (Å²) in [4.78, 5) is 16.9. The Morgan fingerprint density at radius 2 is 1.05 bits per heavy atom. The van der Waals surface area contributed by atoms with E-state index in [1.807, 2.05) is 20.8 Å². The first kappa shape index (κ1) is 27.6. The molecule has 0 amide bonds. The average Bonchev–Trinajstić information content (AvgIpc) is 1.99. The molecule has 0 aromatic heterocycles. The van der Waals surface area contributed by atoms with E-state index in [1.54, 1.807) is 6.66 Å². The van der Waals surface area contributed by atoms with Crippen LogP contribution in [0.4, 0.5) is 0 Å². The van der Waals surface area contributed by atoms with Crippen LogP contribution in [0.15, 0.2) is 0 Å². The Kier molecular flexibility index (Phi) is 12.5. The summed E-state index contributed by atoms with van der Waals surface area (Å²) in [5.41, 5.74) is 0. The van der Waals surface area contributed by atoms with Crippen molar-refractivity contribution in [2.75, 3.05) is 13.8 Å². The highest BCUT2D eigenvalue weighted by molar-refractivity contribution is 7.59. The first-order valence-electron chi connectivity index (χ1n) is 5.25. The first-order chi connectivity index (χ1) is 7.06. The molecule has 0 aliphatic carbocycles. The number of hydrogen-bond donors (Lipinski definition) is 2. The molecule has 0 spiro atoms. The molecule has 0 heterocycles. The van der Waals surface area contributed by atoms with Crippen molar-refractivity contribution in [3.8, 4) is 0 Å². The minimum Gasteiger partial charge on any atom is -0.332 e. The molecule has 7 heteroatoms. The summed E-state index contributed by atoms with van der Waals surface area (Å²) >= 11 is 0. The van der Waals surface area contributed by atoms with Gasteiger partial charge in [-0.1, -0.05) is 35.6 Å². The summed E-state index contributed by atoms with van der Waals surface area (Å²) in [5.74, 6) is 0. The van der Waals surface area contributed by atoms with Gasteiger partial charge in [-0.15, -0.1) is 0 Å². The van der Waals surface area contributed by atoms with Crippen molar-refractivity contribution in [2.45, 2.75) is 66.7 Å². The molecule has 0 radical (unpaired) electrons. The van der Waals surface area contributed by atoms with Gasteiger partial charge < -0.3 is 14.3 Å². The third-order valence-electron chi connectivity index (χ3n) is 2.44. The van der Waals surface area contributed by atoms with E-state index in [-0.39, 0.29) is 20.0 Å². The molecule has 0 aliphatic rings. The highest BCUT2D eigenvalue weighted by Crippen LogP contribution is 2.54. The minimum atomic E-state index is -3.85. The van der Waals surface area contributed by atoms with Crippen molar-refractivity contribution in [1.82, 2.24) is 0 Å². The molecule has 0 aliphatic heterocycles. The van der Waals surface area contributed by atoms with Crippen molar-refractivity contribution in [2.24, 2.45) is 0 Å². The van der Waals surface area contributed by atoms with Crippen molar-refractivity contribution in [3.63, 3.8) is 0 Å². The second kappa shape index (κ2) is 8.59. The summed E-state index contributed by atoms with van der Waals surface area (Å²) in [6.45, 7) is 11.9. The molecule has 0 fully saturated rings. The Hall–Kier alpha value is 0.340. The van der Waals surface area contributed by atoms with E-state index in [9.17, 15) is 9.13 Å². The van der Waals surface area contributed by atoms with Gasteiger partial charge in [0.05, 0.1) is 5.16 Å². The molecule has 1 atom stereocenters. The van der Waals surface area contributed by atoms with Crippen LogP contribution in [0, 0.1) is 0 Å². The summed E-state index contributed by atoms with van der Waals surface area (Å²) in [6, 6.07) is 0. The van der Waals surface area contributed by atoms with Crippen molar-refractivity contribution in [1.29, 1.82) is 0 Å². The Labute approximate surface area is 119 Å². The molecule has 0 rings (SSSR count). The van der Waals surface area contributed by atoms with Gasteiger partial charge in [0.25, 0.3) is 0 Å². The van der Waals surface area contributed by atoms with E-state index in [4.69, 9.17) is 14.3 Å². The molecule has 0 bridgehead atoms. The molecule has 2 N–H and O–H groups in total. The van der Waals surface area contributed by atoms with E-state index in [0.717, 1.165) is 0 Å². The van der Waals surface area contributed by atoms with E-state index >= 15 is 0 Å². The molecule has 122 valence electrons. The van der Waals surface area contributed by atoms with Gasteiger partial charge in [-0.05, 0) is 20.8 Å². The van der Waals surface area contributed by atoms with Crippen LogP contribution < -0.4 is 0 Å². The second-order valence-corrected chi connectivity index (χ2v) is 11.7. The van der Waals surface area contributed by atoms with Crippen molar-refractivity contribution in [3.05, 3.63) is 0 Å². The fraction of sp³-hybridized carbons (Fsp3) is 1.00. The predicted molar refractivity (Wildman–Crippen MR) is 85.6 cm³/mol. The summed E-state index contributed by atoms with van der Waals surface area (Å²) < 4.78 is 26.6. The monoisotopic (exact) mass is 320 g/mol. The molecule has 0 aromatic rings. The maximum Gasteiger partial charge on any atom is 0.330 e. The third kappa shape index (κ3) is 10.8. The SMILES string of the molecule is C.C.CC(C)(C)P(=O)(O)O.COP(C)(=O)C(C)(C)C. The zero-order chi connectivity index (χ0) is 14.7. The smallest absolute Gasteiger partial charge is 0.330 e. The average molecular weight is 320 g/mol. The Morgan fingerprint density at radius 3 is 1.05 bits per heavy atom. The fourth-order valence-electron chi connectivity index (χ4n) is 0.274. The fourth-order valence-corrected chi connectivity index (χ4v) is 0.822. The normalized spacial score (nSPS) is 15.1. The topological polar surface area (TPSA) is 83.8 Å². The zero-order valence-electron chi connectivity index (χ0n) is 12.0. The number of hydrogen-bond acceptors (Lipinski definition) is 3. The van der Waals surface area contributed by atoms with Crippen molar-refractivity contribution >= 4 is 15.0 Å². The van der Waals surface area contributed by atoms with E-state index in [1.165, 1.54) is 27.9 Å². The maximum atomic E-state index is 11.4. The van der Waals surface area contributed by atoms with Crippen LogP contribution in [0.3, 0.4) is 0 Å². The van der Waals surface area contributed by atoms with E-state index < -0.39 is 20.1 Å². The molecule has 1 unspecified atom stereocenters. The van der Waals surface area contributed by atoms with Crippen LogP contribution in [-0.2, 0) is 13.7 Å². The van der Waals surface area contributed by atoms with E-state index in [2.05, 4.69) is 0 Å². The Bertz CT molecular complexity index is 320. The highest BCUT2D eigenvalue weighted by atomic mass is 31.2. The van der Waals surface area contributed by atoms with Gasteiger partial charge in [0, 0.05) is 18.9 Å². The molecule has 0 aromatic carbocycles. The first-order valence-corrected chi connectivity index (χ1v) is 8.93. The molecule has 0 saturated carbocycles. The van der Waals surface area contributed by atoms with Gasteiger partial charge >= 0.3 is 7.60 Å². The van der Waals surface area contributed by atoms with Gasteiger partial charge in [-0.2, -0.15) is 0 Å². The lowest BCUT2D eigenvalue weighted by molar-refractivity contribution is 0.342. The Morgan fingerprint density at radius 1 is 0.842 bits per heavy atom. The molecule has 19 heavy (non-hydrogen) atoms.